The van der Waals surface area contributed by atoms with Crippen molar-refractivity contribution >= 4 is 23.2 Å². The Kier molecular flexibility index (Phi) is 7.09. The second kappa shape index (κ2) is 9.50. The van der Waals surface area contributed by atoms with Crippen molar-refractivity contribution in [2.45, 2.75) is 33.6 Å². The number of aliphatic hydroxyl groups excluding tert-OH is 1. The van der Waals surface area contributed by atoms with Crippen molar-refractivity contribution in [1.29, 1.82) is 0 Å². The number of hydrogen-bond acceptors (Lipinski definition) is 5. The smallest absolute Gasteiger partial charge is 0.231 e. The molecule has 28 heavy (non-hydrogen) atoms. The lowest BCUT2D eigenvalue weighted by Gasteiger charge is -2.08. The van der Waals surface area contributed by atoms with Crippen LogP contribution in [0.2, 0.25) is 0 Å². The Labute approximate surface area is 163 Å². The molecule has 146 valence electrons. The molecule has 0 fully saturated rings. The maximum atomic E-state index is 12.5. The highest BCUT2D eigenvalue weighted by Gasteiger charge is 2.19. The number of furan rings is 1. The summed E-state index contributed by atoms with van der Waals surface area (Å²) in [6, 6.07) is 10.2. The summed E-state index contributed by atoms with van der Waals surface area (Å²) in [7, 11) is 0. The van der Waals surface area contributed by atoms with E-state index in [0.29, 0.717) is 17.0 Å². The molecule has 1 aromatic carbocycles. The maximum absolute atomic E-state index is 12.5. The Hall–Kier alpha value is -3.41. The van der Waals surface area contributed by atoms with Crippen LogP contribution in [0.4, 0.5) is 5.69 Å². The van der Waals surface area contributed by atoms with Crippen molar-refractivity contribution in [2.75, 3.05) is 5.32 Å². The molecular weight excluding hydrogens is 358 g/mol. The standard InChI is InChI=1S/C22H23NO5/c1-14(2)11-19(25)22(15(3)24)20(26)12-16-6-8-17(9-7-16)23-21(27)13-18-5-4-10-28-18/h4-11,25H,12-13H2,1-3H3,(H,23,27)/b22-19-. The summed E-state index contributed by atoms with van der Waals surface area (Å²) in [6.07, 6.45) is 3.00. The lowest BCUT2D eigenvalue weighted by atomic mass is 9.98. The first-order chi connectivity index (χ1) is 13.3. The second-order valence-electron chi connectivity index (χ2n) is 6.64. The lowest BCUT2D eigenvalue weighted by Crippen LogP contribution is -2.16. The fourth-order valence-electron chi connectivity index (χ4n) is 2.62. The van der Waals surface area contributed by atoms with Crippen LogP contribution in [0.5, 0.6) is 0 Å². The minimum Gasteiger partial charge on any atom is -0.507 e. The number of hydrogen-bond donors (Lipinski definition) is 2. The molecule has 0 saturated carbocycles. The molecule has 6 heteroatoms. The van der Waals surface area contributed by atoms with E-state index >= 15 is 0 Å². The zero-order valence-corrected chi connectivity index (χ0v) is 16.1. The SMILES string of the molecule is CC(=O)/C(C(=O)Cc1ccc(NC(=O)Cc2ccco2)cc1)=C(/O)C=C(C)C. The van der Waals surface area contributed by atoms with Crippen molar-refractivity contribution < 1.29 is 23.9 Å². The van der Waals surface area contributed by atoms with Crippen LogP contribution in [0.25, 0.3) is 0 Å². The molecule has 0 aliphatic heterocycles. The first-order valence-electron chi connectivity index (χ1n) is 8.79. The molecule has 1 aromatic heterocycles. The summed E-state index contributed by atoms with van der Waals surface area (Å²) >= 11 is 0. The van der Waals surface area contributed by atoms with Crippen LogP contribution >= 0.6 is 0 Å². The summed E-state index contributed by atoms with van der Waals surface area (Å²) in [4.78, 5) is 36.2. The van der Waals surface area contributed by atoms with Gasteiger partial charge in [0.05, 0.1) is 12.7 Å². The number of amides is 1. The number of aliphatic hydroxyl groups is 1. The summed E-state index contributed by atoms with van der Waals surface area (Å²) in [5, 5.41) is 12.8. The van der Waals surface area contributed by atoms with Gasteiger partial charge in [0.1, 0.15) is 17.1 Å². The number of benzene rings is 1. The van der Waals surface area contributed by atoms with Crippen LogP contribution < -0.4 is 5.32 Å². The highest BCUT2D eigenvalue weighted by Crippen LogP contribution is 2.15. The zero-order valence-electron chi connectivity index (χ0n) is 16.1. The van der Waals surface area contributed by atoms with Gasteiger partial charge in [0, 0.05) is 12.1 Å². The summed E-state index contributed by atoms with van der Waals surface area (Å²) in [5.41, 5.74) is 1.82. The van der Waals surface area contributed by atoms with Crippen molar-refractivity contribution in [3.63, 3.8) is 0 Å². The number of carbonyl (C=O) groups is 3. The topological polar surface area (TPSA) is 96.6 Å². The quantitative estimate of drug-likeness (QED) is 0.237. The van der Waals surface area contributed by atoms with Gasteiger partial charge in [-0.15, -0.1) is 0 Å². The van der Waals surface area contributed by atoms with E-state index in [1.54, 1.807) is 50.2 Å². The van der Waals surface area contributed by atoms with Crippen LogP contribution in [0, 0.1) is 0 Å². The van der Waals surface area contributed by atoms with E-state index in [0.717, 1.165) is 5.57 Å². The minimum atomic E-state index is -0.484. The predicted octanol–water partition coefficient (Wildman–Crippen LogP) is 3.94. The molecule has 0 bridgehead atoms. The summed E-state index contributed by atoms with van der Waals surface area (Å²) in [5.74, 6) is -0.912. The molecular formula is C22H23NO5. The molecule has 0 atom stereocenters. The van der Waals surface area contributed by atoms with Gasteiger partial charge < -0.3 is 14.8 Å². The number of rotatable bonds is 8. The van der Waals surface area contributed by atoms with Crippen LogP contribution in [-0.2, 0) is 27.2 Å². The van der Waals surface area contributed by atoms with Gasteiger partial charge in [-0.3, -0.25) is 14.4 Å². The second-order valence-corrected chi connectivity index (χ2v) is 6.64. The third-order valence-corrected chi connectivity index (χ3v) is 3.83. The highest BCUT2D eigenvalue weighted by molar-refractivity contribution is 6.20. The van der Waals surface area contributed by atoms with E-state index in [1.165, 1.54) is 19.3 Å². The Morgan fingerprint density at radius 1 is 1.04 bits per heavy atom. The molecule has 1 amide bonds. The maximum Gasteiger partial charge on any atom is 0.231 e. The van der Waals surface area contributed by atoms with Crippen molar-refractivity contribution in [3.05, 3.63) is 77.0 Å². The number of Topliss-reactive ketones (excluding diaryl/α,β-unsaturated/α-hetero) is 2. The van der Waals surface area contributed by atoms with E-state index < -0.39 is 11.6 Å². The minimum absolute atomic E-state index is 0.0316. The van der Waals surface area contributed by atoms with Gasteiger partial charge in [0.15, 0.2) is 11.6 Å². The molecule has 1 heterocycles. The number of anilines is 1. The van der Waals surface area contributed by atoms with Crippen LogP contribution in [0.1, 0.15) is 32.1 Å². The van der Waals surface area contributed by atoms with Gasteiger partial charge in [-0.2, -0.15) is 0 Å². The molecule has 0 unspecified atom stereocenters. The molecule has 0 spiro atoms. The molecule has 2 N–H and O–H groups in total. The van der Waals surface area contributed by atoms with Crippen molar-refractivity contribution in [1.82, 2.24) is 0 Å². The van der Waals surface area contributed by atoms with Gasteiger partial charge in [-0.25, -0.2) is 0 Å². The fourth-order valence-corrected chi connectivity index (χ4v) is 2.62. The Balaban J connectivity index is 2.04. The molecule has 0 aliphatic carbocycles. The molecule has 6 nitrogen and oxygen atoms in total. The Morgan fingerprint density at radius 2 is 1.71 bits per heavy atom. The average Bonchev–Trinajstić information content (AvgIpc) is 3.08. The largest absolute Gasteiger partial charge is 0.507 e. The molecule has 2 aromatic rings. The predicted molar refractivity (Wildman–Crippen MR) is 106 cm³/mol. The van der Waals surface area contributed by atoms with E-state index in [-0.39, 0.29) is 30.1 Å². The Morgan fingerprint density at radius 3 is 2.25 bits per heavy atom. The van der Waals surface area contributed by atoms with Gasteiger partial charge in [0.25, 0.3) is 0 Å². The average molecular weight is 381 g/mol. The van der Waals surface area contributed by atoms with Crippen molar-refractivity contribution in [2.24, 2.45) is 0 Å². The first kappa shape index (κ1) is 20.9. The molecule has 0 radical (unpaired) electrons. The number of ketones is 2. The van der Waals surface area contributed by atoms with E-state index in [9.17, 15) is 19.5 Å². The monoisotopic (exact) mass is 381 g/mol. The van der Waals surface area contributed by atoms with E-state index in [1.807, 2.05) is 0 Å². The molecule has 2 rings (SSSR count). The zero-order chi connectivity index (χ0) is 20.7. The number of carbonyl (C=O) groups excluding carboxylic acids is 3. The van der Waals surface area contributed by atoms with Gasteiger partial charge >= 0.3 is 0 Å². The molecule has 0 aliphatic rings. The van der Waals surface area contributed by atoms with Gasteiger partial charge in [-0.1, -0.05) is 17.7 Å². The van der Waals surface area contributed by atoms with Crippen LogP contribution in [0.15, 0.2) is 70.1 Å². The summed E-state index contributed by atoms with van der Waals surface area (Å²) < 4.78 is 5.13. The van der Waals surface area contributed by atoms with E-state index in [2.05, 4.69) is 5.32 Å². The summed E-state index contributed by atoms with van der Waals surface area (Å²) in [6.45, 7) is 4.77. The third kappa shape index (κ3) is 6.09. The first-order valence-corrected chi connectivity index (χ1v) is 8.79. The third-order valence-electron chi connectivity index (χ3n) is 3.83. The van der Waals surface area contributed by atoms with Crippen LogP contribution in [-0.4, -0.2) is 22.6 Å². The molecule has 0 saturated heterocycles. The number of nitrogens with one attached hydrogen (secondary N) is 1. The van der Waals surface area contributed by atoms with Crippen LogP contribution in [0.3, 0.4) is 0 Å². The fraction of sp³-hybridized carbons (Fsp3) is 0.227. The van der Waals surface area contributed by atoms with Gasteiger partial charge in [0.2, 0.25) is 5.91 Å². The van der Waals surface area contributed by atoms with Gasteiger partial charge in [-0.05, 0) is 56.7 Å². The number of allylic oxidation sites excluding steroid dienone is 3. The normalized spacial score (nSPS) is 11.4. The highest BCUT2D eigenvalue weighted by atomic mass is 16.3. The van der Waals surface area contributed by atoms with Crippen molar-refractivity contribution in [3.8, 4) is 0 Å². The van der Waals surface area contributed by atoms with E-state index in [4.69, 9.17) is 4.42 Å². The Bertz CT molecular complexity index is 914. The lowest BCUT2D eigenvalue weighted by molar-refractivity contribution is -0.120.